The summed E-state index contributed by atoms with van der Waals surface area (Å²) in [6, 6.07) is 4.96. The smallest absolute Gasteiger partial charge is 0.412 e. The van der Waals surface area contributed by atoms with E-state index in [9.17, 15) is 14.7 Å². The molecule has 0 saturated carbocycles. The first kappa shape index (κ1) is 17.0. The summed E-state index contributed by atoms with van der Waals surface area (Å²) >= 11 is 0. The summed E-state index contributed by atoms with van der Waals surface area (Å²) < 4.78 is 5.02. The number of carbonyl (C=O) groups excluding carboxylic acids is 1. The van der Waals surface area contributed by atoms with Crippen LogP contribution in [-0.4, -0.2) is 34.9 Å². The molecule has 2 amide bonds. The van der Waals surface area contributed by atoms with Crippen LogP contribution in [0.1, 0.15) is 40.7 Å². The standard InChI is InChI=1S/C18H21N3O4/c1-5-13-9-20(17(22)14-8-12(4)25-19-14)15-6-10(2)11(3)7-16(15)21(13)18(23)24/h6-8,13H,5,9H2,1-4H3,(H,23,24). The number of hydrogen-bond donors (Lipinski definition) is 1. The van der Waals surface area contributed by atoms with Gasteiger partial charge in [0, 0.05) is 12.6 Å². The van der Waals surface area contributed by atoms with Gasteiger partial charge in [-0.2, -0.15) is 0 Å². The Labute approximate surface area is 145 Å². The van der Waals surface area contributed by atoms with Crippen LogP contribution in [0.2, 0.25) is 0 Å². The number of carbonyl (C=O) groups is 2. The summed E-state index contributed by atoms with van der Waals surface area (Å²) in [6.07, 6.45) is -0.416. The molecule has 0 fully saturated rings. The fourth-order valence-corrected chi connectivity index (χ4v) is 3.15. The van der Waals surface area contributed by atoms with Gasteiger partial charge in [-0.25, -0.2) is 4.79 Å². The van der Waals surface area contributed by atoms with E-state index in [2.05, 4.69) is 5.16 Å². The van der Waals surface area contributed by atoms with Gasteiger partial charge in [-0.1, -0.05) is 12.1 Å². The van der Waals surface area contributed by atoms with Crippen molar-refractivity contribution in [3.8, 4) is 0 Å². The van der Waals surface area contributed by atoms with Gasteiger partial charge in [0.05, 0.1) is 17.4 Å². The van der Waals surface area contributed by atoms with Gasteiger partial charge in [-0.05, 0) is 50.5 Å². The molecule has 1 N–H and O–H groups in total. The quantitative estimate of drug-likeness (QED) is 0.901. The number of fused-ring (bicyclic) bond motifs is 1. The van der Waals surface area contributed by atoms with E-state index in [-0.39, 0.29) is 24.2 Å². The number of anilines is 2. The Balaban J connectivity index is 2.14. The number of aromatic nitrogens is 1. The molecular weight excluding hydrogens is 322 g/mol. The highest BCUT2D eigenvalue weighted by molar-refractivity contribution is 6.09. The zero-order chi connectivity index (χ0) is 18.3. The van der Waals surface area contributed by atoms with Crippen molar-refractivity contribution >= 4 is 23.4 Å². The topological polar surface area (TPSA) is 86.9 Å². The molecular formula is C18H21N3O4. The Morgan fingerprint density at radius 3 is 2.36 bits per heavy atom. The molecule has 0 bridgehead atoms. The zero-order valence-electron chi connectivity index (χ0n) is 14.7. The lowest BCUT2D eigenvalue weighted by Gasteiger charge is -2.41. The van der Waals surface area contributed by atoms with Crippen LogP contribution in [-0.2, 0) is 0 Å². The third kappa shape index (κ3) is 2.86. The van der Waals surface area contributed by atoms with Crippen molar-refractivity contribution in [3.05, 3.63) is 40.8 Å². The molecule has 1 unspecified atom stereocenters. The molecule has 2 heterocycles. The molecule has 2 aromatic rings. The van der Waals surface area contributed by atoms with Crippen molar-refractivity contribution in [2.24, 2.45) is 0 Å². The zero-order valence-corrected chi connectivity index (χ0v) is 14.7. The van der Waals surface area contributed by atoms with Crippen LogP contribution >= 0.6 is 0 Å². The number of hydrogen-bond acceptors (Lipinski definition) is 4. The van der Waals surface area contributed by atoms with E-state index < -0.39 is 6.09 Å². The lowest BCUT2D eigenvalue weighted by atomic mass is 10.00. The molecule has 0 saturated heterocycles. The van der Waals surface area contributed by atoms with Crippen LogP contribution in [0.3, 0.4) is 0 Å². The van der Waals surface area contributed by atoms with Gasteiger partial charge < -0.3 is 14.5 Å². The Hall–Kier alpha value is -2.83. The maximum Gasteiger partial charge on any atom is 0.412 e. The lowest BCUT2D eigenvalue weighted by Crippen LogP contribution is -2.52. The lowest BCUT2D eigenvalue weighted by molar-refractivity contribution is 0.0974. The average Bonchev–Trinajstić information content (AvgIpc) is 3.00. The monoisotopic (exact) mass is 343 g/mol. The molecule has 1 aliphatic rings. The number of nitrogens with zero attached hydrogens (tertiary/aromatic N) is 3. The summed E-state index contributed by atoms with van der Waals surface area (Å²) in [4.78, 5) is 27.7. The van der Waals surface area contributed by atoms with Crippen LogP contribution < -0.4 is 9.80 Å². The molecule has 1 aromatic carbocycles. The van der Waals surface area contributed by atoms with E-state index in [1.165, 1.54) is 4.90 Å². The van der Waals surface area contributed by atoms with Gasteiger partial charge in [0.15, 0.2) is 5.69 Å². The van der Waals surface area contributed by atoms with Crippen molar-refractivity contribution in [1.29, 1.82) is 0 Å². The summed E-state index contributed by atoms with van der Waals surface area (Å²) in [7, 11) is 0. The Morgan fingerprint density at radius 2 is 1.84 bits per heavy atom. The first-order valence-electron chi connectivity index (χ1n) is 8.22. The fourth-order valence-electron chi connectivity index (χ4n) is 3.15. The second kappa shape index (κ2) is 6.23. The van der Waals surface area contributed by atoms with Gasteiger partial charge in [-0.15, -0.1) is 0 Å². The second-order valence-electron chi connectivity index (χ2n) is 6.38. The van der Waals surface area contributed by atoms with E-state index in [0.29, 0.717) is 23.6 Å². The van der Waals surface area contributed by atoms with Crippen molar-refractivity contribution in [3.63, 3.8) is 0 Å². The molecule has 1 aromatic heterocycles. The molecule has 132 valence electrons. The Kier molecular flexibility index (Phi) is 4.24. The van der Waals surface area contributed by atoms with Gasteiger partial charge in [-0.3, -0.25) is 9.69 Å². The highest BCUT2D eigenvalue weighted by Gasteiger charge is 2.37. The normalized spacial score (nSPS) is 16.7. The molecule has 25 heavy (non-hydrogen) atoms. The first-order chi connectivity index (χ1) is 11.8. The van der Waals surface area contributed by atoms with Gasteiger partial charge in [0.2, 0.25) is 0 Å². The highest BCUT2D eigenvalue weighted by Crippen LogP contribution is 2.39. The number of amides is 2. The molecule has 1 aliphatic heterocycles. The molecule has 0 radical (unpaired) electrons. The van der Waals surface area contributed by atoms with E-state index in [0.717, 1.165) is 11.1 Å². The molecule has 0 aliphatic carbocycles. The summed E-state index contributed by atoms with van der Waals surface area (Å²) in [5.41, 5.74) is 3.31. The van der Waals surface area contributed by atoms with Gasteiger partial charge >= 0.3 is 6.09 Å². The van der Waals surface area contributed by atoms with Crippen molar-refractivity contribution in [2.75, 3.05) is 16.3 Å². The fraction of sp³-hybridized carbons (Fsp3) is 0.389. The predicted octanol–water partition coefficient (Wildman–Crippen LogP) is 3.52. The predicted molar refractivity (Wildman–Crippen MR) is 93.4 cm³/mol. The molecule has 7 heteroatoms. The van der Waals surface area contributed by atoms with Crippen LogP contribution in [0.25, 0.3) is 0 Å². The minimum Gasteiger partial charge on any atom is -0.465 e. The van der Waals surface area contributed by atoms with Gasteiger partial charge in [0.1, 0.15) is 5.76 Å². The van der Waals surface area contributed by atoms with E-state index in [1.807, 2.05) is 32.9 Å². The Morgan fingerprint density at radius 1 is 1.20 bits per heavy atom. The number of benzene rings is 1. The van der Waals surface area contributed by atoms with E-state index in [1.54, 1.807) is 17.9 Å². The van der Waals surface area contributed by atoms with E-state index >= 15 is 0 Å². The van der Waals surface area contributed by atoms with Crippen LogP contribution in [0.5, 0.6) is 0 Å². The minimum absolute atomic E-state index is 0.223. The molecule has 1 atom stereocenters. The first-order valence-corrected chi connectivity index (χ1v) is 8.22. The molecule has 3 rings (SSSR count). The number of rotatable bonds is 2. The largest absolute Gasteiger partial charge is 0.465 e. The summed E-state index contributed by atoms with van der Waals surface area (Å²) in [5.74, 6) is 0.268. The maximum absolute atomic E-state index is 12.9. The third-order valence-corrected chi connectivity index (χ3v) is 4.67. The summed E-state index contributed by atoms with van der Waals surface area (Å²) in [5, 5.41) is 13.5. The number of carboxylic acid groups (broad SMARTS) is 1. The van der Waals surface area contributed by atoms with Crippen LogP contribution in [0, 0.1) is 20.8 Å². The van der Waals surface area contributed by atoms with Crippen molar-refractivity contribution < 1.29 is 19.2 Å². The van der Waals surface area contributed by atoms with Crippen molar-refractivity contribution in [2.45, 2.75) is 40.2 Å². The SMILES string of the molecule is CCC1CN(C(=O)c2cc(C)on2)c2cc(C)c(C)cc2N1C(=O)O. The third-order valence-electron chi connectivity index (χ3n) is 4.67. The molecule has 7 nitrogen and oxygen atoms in total. The van der Waals surface area contributed by atoms with Crippen LogP contribution in [0.15, 0.2) is 22.7 Å². The van der Waals surface area contributed by atoms with Gasteiger partial charge in [0.25, 0.3) is 5.91 Å². The van der Waals surface area contributed by atoms with Crippen molar-refractivity contribution in [1.82, 2.24) is 5.16 Å². The highest BCUT2D eigenvalue weighted by atomic mass is 16.5. The Bertz CT molecular complexity index is 843. The molecule has 0 spiro atoms. The maximum atomic E-state index is 12.9. The second-order valence-corrected chi connectivity index (χ2v) is 6.38. The average molecular weight is 343 g/mol. The van der Waals surface area contributed by atoms with Crippen LogP contribution in [0.4, 0.5) is 16.2 Å². The minimum atomic E-state index is -1.01. The summed E-state index contributed by atoms with van der Waals surface area (Å²) in [6.45, 7) is 7.79. The van der Waals surface area contributed by atoms with E-state index in [4.69, 9.17) is 4.52 Å². The number of aryl methyl sites for hydroxylation is 3.